The van der Waals surface area contributed by atoms with Gasteiger partial charge in [0.25, 0.3) is 5.91 Å². The van der Waals surface area contributed by atoms with Crippen molar-refractivity contribution in [2.75, 3.05) is 13.1 Å². The highest BCUT2D eigenvalue weighted by Crippen LogP contribution is 2.31. The van der Waals surface area contributed by atoms with E-state index in [1.54, 1.807) is 22.6 Å². The molecule has 1 aromatic rings. The Morgan fingerprint density at radius 1 is 1.42 bits per heavy atom. The average Bonchev–Trinajstić information content (AvgIpc) is 2.33. The molecule has 1 amide bonds. The minimum Gasteiger partial charge on any atom is -0.352 e. The van der Waals surface area contributed by atoms with E-state index >= 15 is 0 Å². The summed E-state index contributed by atoms with van der Waals surface area (Å²) in [6.45, 7) is 2.58. The average molecular weight is 386 g/mol. The van der Waals surface area contributed by atoms with Gasteiger partial charge in [0, 0.05) is 15.7 Å². The van der Waals surface area contributed by atoms with Gasteiger partial charge in [-0.25, -0.2) is 0 Å². The SMILES string of the molecule is CC(CN)CNC(=O)c1cc(I)cc(C(F)(F)F)c1. The van der Waals surface area contributed by atoms with Crippen molar-refractivity contribution in [1.82, 2.24) is 5.32 Å². The second kappa shape index (κ2) is 6.56. The lowest BCUT2D eigenvalue weighted by Gasteiger charge is -2.12. The highest BCUT2D eigenvalue weighted by molar-refractivity contribution is 14.1. The molecular formula is C12H14F3IN2O. The predicted molar refractivity (Wildman–Crippen MR) is 74.7 cm³/mol. The first kappa shape index (κ1) is 16.2. The normalized spacial score (nSPS) is 13.2. The van der Waals surface area contributed by atoms with Gasteiger partial charge in [-0.15, -0.1) is 0 Å². The molecule has 0 radical (unpaired) electrons. The fraction of sp³-hybridized carbons (Fsp3) is 0.417. The molecule has 0 spiro atoms. The van der Waals surface area contributed by atoms with Crippen molar-refractivity contribution in [3.05, 3.63) is 32.9 Å². The molecule has 0 aliphatic carbocycles. The molecule has 1 rings (SSSR count). The van der Waals surface area contributed by atoms with Crippen LogP contribution in [0.1, 0.15) is 22.8 Å². The van der Waals surface area contributed by atoms with Crippen molar-refractivity contribution in [2.45, 2.75) is 13.1 Å². The van der Waals surface area contributed by atoms with Crippen LogP contribution in [0, 0.1) is 9.49 Å². The first-order chi connectivity index (χ1) is 8.74. The molecule has 0 saturated heterocycles. The largest absolute Gasteiger partial charge is 0.416 e. The zero-order valence-electron chi connectivity index (χ0n) is 10.2. The Morgan fingerprint density at radius 3 is 2.58 bits per heavy atom. The van der Waals surface area contributed by atoms with Crippen LogP contribution in [0.25, 0.3) is 0 Å². The van der Waals surface area contributed by atoms with Crippen LogP contribution in [-0.4, -0.2) is 19.0 Å². The number of nitrogens with two attached hydrogens (primary N) is 1. The second-order valence-electron chi connectivity index (χ2n) is 4.28. The summed E-state index contributed by atoms with van der Waals surface area (Å²) in [5.74, 6) is -0.446. The van der Waals surface area contributed by atoms with E-state index in [9.17, 15) is 18.0 Å². The highest BCUT2D eigenvalue weighted by atomic mass is 127. The Labute approximate surface area is 122 Å². The van der Waals surface area contributed by atoms with Gasteiger partial charge < -0.3 is 11.1 Å². The van der Waals surface area contributed by atoms with Crippen molar-refractivity contribution in [1.29, 1.82) is 0 Å². The van der Waals surface area contributed by atoms with Crippen molar-refractivity contribution in [2.24, 2.45) is 11.7 Å². The summed E-state index contributed by atoms with van der Waals surface area (Å²) >= 11 is 1.75. The molecule has 0 bridgehead atoms. The molecule has 7 heteroatoms. The van der Waals surface area contributed by atoms with E-state index in [1.807, 2.05) is 6.92 Å². The van der Waals surface area contributed by atoms with Crippen LogP contribution in [0.3, 0.4) is 0 Å². The van der Waals surface area contributed by atoms with Gasteiger partial charge in [0.2, 0.25) is 0 Å². The zero-order chi connectivity index (χ0) is 14.6. The summed E-state index contributed by atoms with van der Waals surface area (Å²) in [5, 5.41) is 2.57. The number of carbonyl (C=O) groups excluding carboxylic acids is 1. The summed E-state index contributed by atoms with van der Waals surface area (Å²) in [6, 6.07) is 3.27. The van der Waals surface area contributed by atoms with Crippen LogP contribution in [0.5, 0.6) is 0 Å². The molecule has 3 nitrogen and oxygen atoms in total. The van der Waals surface area contributed by atoms with Gasteiger partial charge in [0.15, 0.2) is 0 Å². The third-order valence-corrected chi connectivity index (χ3v) is 3.12. The number of benzene rings is 1. The number of amides is 1. The lowest BCUT2D eigenvalue weighted by molar-refractivity contribution is -0.137. The summed E-state index contributed by atoms with van der Waals surface area (Å²) in [6.07, 6.45) is -4.46. The number of halogens is 4. The number of alkyl halides is 3. The van der Waals surface area contributed by atoms with Crippen LogP contribution < -0.4 is 11.1 Å². The third-order valence-electron chi connectivity index (χ3n) is 2.50. The summed E-state index contributed by atoms with van der Waals surface area (Å²) in [7, 11) is 0. The lowest BCUT2D eigenvalue weighted by atomic mass is 10.1. The quantitative estimate of drug-likeness (QED) is 0.782. The molecule has 0 saturated carbocycles. The Kier molecular flexibility index (Phi) is 5.60. The molecule has 0 aromatic heterocycles. The fourth-order valence-electron chi connectivity index (χ4n) is 1.34. The minimum atomic E-state index is -4.46. The van der Waals surface area contributed by atoms with Gasteiger partial charge in [0.1, 0.15) is 0 Å². The summed E-state index contributed by atoms with van der Waals surface area (Å²) < 4.78 is 38.3. The molecule has 1 aromatic carbocycles. The zero-order valence-corrected chi connectivity index (χ0v) is 12.4. The fourth-order valence-corrected chi connectivity index (χ4v) is 2.01. The molecule has 19 heavy (non-hydrogen) atoms. The number of carbonyl (C=O) groups is 1. The van der Waals surface area contributed by atoms with Gasteiger partial charge in [-0.3, -0.25) is 4.79 Å². The molecule has 3 N–H and O–H groups in total. The van der Waals surface area contributed by atoms with E-state index in [1.165, 1.54) is 6.07 Å². The van der Waals surface area contributed by atoms with E-state index in [-0.39, 0.29) is 11.5 Å². The standard InChI is InChI=1S/C12H14F3IN2O/c1-7(5-17)6-18-11(19)8-2-9(12(13,14)15)4-10(16)3-8/h2-4,7H,5-6,17H2,1H3,(H,18,19). The smallest absolute Gasteiger partial charge is 0.352 e. The van der Waals surface area contributed by atoms with Crippen molar-refractivity contribution in [3.63, 3.8) is 0 Å². The van der Waals surface area contributed by atoms with Gasteiger partial charge in [-0.2, -0.15) is 13.2 Å². The number of nitrogens with one attached hydrogen (secondary N) is 1. The molecule has 0 heterocycles. The number of hydrogen-bond acceptors (Lipinski definition) is 2. The Morgan fingerprint density at radius 2 is 2.05 bits per heavy atom. The van der Waals surface area contributed by atoms with Gasteiger partial charge in [0.05, 0.1) is 5.56 Å². The van der Waals surface area contributed by atoms with Crippen LogP contribution >= 0.6 is 22.6 Å². The maximum Gasteiger partial charge on any atom is 0.416 e. The van der Waals surface area contributed by atoms with Crippen LogP contribution in [-0.2, 0) is 6.18 Å². The first-order valence-electron chi connectivity index (χ1n) is 5.60. The Hall–Kier alpha value is -0.830. The summed E-state index contributed by atoms with van der Waals surface area (Å²) in [4.78, 5) is 11.8. The molecule has 0 fully saturated rings. The minimum absolute atomic E-state index is 0.00319. The van der Waals surface area contributed by atoms with E-state index in [0.29, 0.717) is 16.7 Å². The molecule has 106 valence electrons. The van der Waals surface area contributed by atoms with E-state index < -0.39 is 17.6 Å². The van der Waals surface area contributed by atoms with E-state index in [0.717, 1.165) is 12.1 Å². The predicted octanol–water partition coefficient (Wildman–Crippen LogP) is 2.63. The van der Waals surface area contributed by atoms with E-state index in [2.05, 4.69) is 5.32 Å². The maximum absolute atomic E-state index is 12.6. The second-order valence-corrected chi connectivity index (χ2v) is 5.52. The third kappa shape index (κ3) is 4.98. The molecule has 1 atom stereocenters. The van der Waals surface area contributed by atoms with Gasteiger partial charge >= 0.3 is 6.18 Å². The van der Waals surface area contributed by atoms with Crippen LogP contribution in [0.15, 0.2) is 18.2 Å². The molecular weight excluding hydrogens is 372 g/mol. The maximum atomic E-state index is 12.6. The van der Waals surface area contributed by atoms with Crippen LogP contribution in [0.4, 0.5) is 13.2 Å². The van der Waals surface area contributed by atoms with Crippen LogP contribution in [0.2, 0.25) is 0 Å². The monoisotopic (exact) mass is 386 g/mol. The molecule has 1 unspecified atom stereocenters. The van der Waals surface area contributed by atoms with E-state index in [4.69, 9.17) is 5.73 Å². The van der Waals surface area contributed by atoms with Gasteiger partial charge in [-0.05, 0) is 53.3 Å². The topological polar surface area (TPSA) is 55.1 Å². The number of rotatable bonds is 4. The molecule has 0 aliphatic rings. The lowest BCUT2D eigenvalue weighted by Crippen LogP contribution is -2.31. The van der Waals surface area contributed by atoms with Crippen molar-refractivity contribution < 1.29 is 18.0 Å². The summed E-state index contributed by atoms with van der Waals surface area (Å²) in [5.41, 5.74) is 4.58. The van der Waals surface area contributed by atoms with Gasteiger partial charge in [-0.1, -0.05) is 6.92 Å². The van der Waals surface area contributed by atoms with Crippen molar-refractivity contribution >= 4 is 28.5 Å². The number of hydrogen-bond donors (Lipinski definition) is 2. The Bertz CT molecular complexity index is 463. The first-order valence-corrected chi connectivity index (χ1v) is 6.68. The molecule has 0 aliphatic heterocycles. The van der Waals surface area contributed by atoms with Crippen molar-refractivity contribution in [3.8, 4) is 0 Å². The Balaban J connectivity index is 2.89. The highest BCUT2D eigenvalue weighted by Gasteiger charge is 2.31.